The SMILES string of the molecule is BrCC1CCc2cc(OCc3ccccc3)ccc2O1. The number of hydrogen-bond donors (Lipinski definition) is 0. The molecular weight excluding hydrogens is 316 g/mol. The fraction of sp³-hybridized carbons (Fsp3) is 0.294. The third kappa shape index (κ3) is 3.15. The minimum absolute atomic E-state index is 0.290. The molecule has 0 radical (unpaired) electrons. The van der Waals surface area contributed by atoms with E-state index >= 15 is 0 Å². The summed E-state index contributed by atoms with van der Waals surface area (Å²) >= 11 is 3.48. The van der Waals surface area contributed by atoms with Gasteiger partial charge < -0.3 is 9.47 Å². The number of alkyl halides is 1. The van der Waals surface area contributed by atoms with Gasteiger partial charge in [0.25, 0.3) is 0 Å². The molecular formula is C17H17BrO2. The fourth-order valence-electron chi connectivity index (χ4n) is 2.36. The molecule has 0 fully saturated rings. The smallest absolute Gasteiger partial charge is 0.123 e. The Bertz CT molecular complexity index is 568. The highest BCUT2D eigenvalue weighted by Gasteiger charge is 2.19. The average molecular weight is 333 g/mol. The Hall–Kier alpha value is -1.48. The van der Waals surface area contributed by atoms with E-state index in [1.165, 1.54) is 11.1 Å². The van der Waals surface area contributed by atoms with Crippen molar-refractivity contribution in [2.45, 2.75) is 25.6 Å². The van der Waals surface area contributed by atoms with Crippen LogP contribution in [0.2, 0.25) is 0 Å². The summed E-state index contributed by atoms with van der Waals surface area (Å²) in [5, 5.41) is 0.888. The van der Waals surface area contributed by atoms with Gasteiger partial charge in [-0.3, -0.25) is 0 Å². The van der Waals surface area contributed by atoms with Crippen LogP contribution in [0.3, 0.4) is 0 Å². The number of aryl methyl sites for hydroxylation is 1. The van der Waals surface area contributed by atoms with Gasteiger partial charge in [-0.2, -0.15) is 0 Å². The lowest BCUT2D eigenvalue weighted by Crippen LogP contribution is -2.23. The molecule has 1 heterocycles. The summed E-state index contributed by atoms with van der Waals surface area (Å²) in [7, 11) is 0. The molecule has 0 aromatic heterocycles. The zero-order chi connectivity index (χ0) is 13.8. The highest BCUT2D eigenvalue weighted by Crippen LogP contribution is 2.31. The molecule has 0 saturated heterocycles. The van der Waals surface area contributed by atoms with Crippen molar-refractivity contribution in [3.8, 4) is 11.5 Å². The van der Waals surface area contributed by atoms with Gasteiger partial charge in [0.2, 0.25) is 0 Å². The van der Waals surface area contributed by atoms with Crippen molar-refractivity contribution >= 4 is 15.9 Å². The normalized spacial score (nSPS) is 17.1. The molecule has 1 aliphatic rings. The van der Waals surface area contributed by atoms with Gasteiger partial charge in [-0.05, 0) is 42.2 Å². The van der Waals surface area contributed by atoms with Crippen molar-refractivity contribution in [2.75, 3.05) is 5.33 Å². The summed E-state index contributed by atoms with van der Waals surface area (Å²) in [6.07, 6.45) is 2.40. The van der Waals surface area contributed by atoms with Gasteiger partial charge >= 0.3 is 0 Å². The molecule has 0 spiro atoms. The molecule has 0 aliphatic carbocycles. The average Bonchev–Trinajstić information content (AvgIpc) is 2.53. The Balaban J connectivity index is 1.67. The number of rotatable bonds is 4. The lowest BCUT2D eigenvalue weighted by atomic mass is 10.0. The minimum atomic E-state index is 0.290. The molecule has 2 aromatic rings. The number of ether oxygens (including phenoxy) is 2. The van der Waals surface area contributed by atoms with Crippen LogP contribution in [-0.2, 0) is 13.0 Å². The molecule has 0 N–H and O–H groups in total. The van der Waals surface area contributed by atoms with E-state index in [0.29, 0.717) is 12.7 Å². The second-order valence-electron chi connectivity index (χ2n) is 4.98. The van der Waals surface area contributed by atoms with Gasteiger partial charge in [0.1, 0.15) is 24.2 Å². The van der Waals surface area contributed by atoms with Gasteiger partial charge in [0.15, 0.2) is 0 Å². The van der Waals surface area contributed by atoms with E-state index < -0.39 is 0 Å². The van der Waals surface area contributed by atoms with Gasteiger partial charge in [0, 0.05) is 5.33 Å². The summed E-state index contributed by atoms with van der Waals surface area (Å²) in [5.74, 6) is 1.90. The van der Waals surface area contributed by atoms with E-state index in [9.17, 15) is 0 Å². The van der Waals surface area contributed by atoms with Gasteiger partial charge in [-0.1, -0.05) is 46.3 Å². The summed E-state index contributed by atoms with van der Waals surface area (Å²) in [4.78, 5) is 0. The molecule has 1 aliphatic heterocycles. The van der Waals surface area contributed by atoms with Crippen LogP contribution in [0.1, 0.15) is 17.5 Å². The van der Waals surface area contributed by atoms with Crippen LogP contribution < -0.4 is 9.47 Å². The van der Waals surface area contributed by atoms with Crippen molar-refractivity contribution in [1.82, 2.24) is 0 Å². The molecule has 2 nitrogen and oxygen atoms in total. The molecule has 3 heteroatoms. The zero-order valence-corrected chi connectivity index (χ0v) is 12.8. The van der Waals surface area contributed by atoms with Crippen molar-refractivity contribution in [1.29, 1.82) is 0 Å². The summed E-state index contributed by atoms with van der Waals surface area (Å²) in [6, 6.07) is 16.3. The number of halogens is 1. The summed E-state index contributed by atoms with van der Waals surface area (Å²) in [6.45, 7) is 0.602. The molecule has 1 unspecified atom stereocenters. The molecule has 20 heavy (non-hydrogen) atoms. The lowest BCUT2D eigenvalue weighted by Gasteiger charge is -2.25. The molecule has 1 atom stereocenters. The monoisotopic (exact) mass is 332 g/mol. The molecule has 104 valence electrons. The Morgan fingerprint density at radius 2 is 2.00 bits per heavy atom. The Kier molecular flexibility index (Phi) is 4.26. The predicted octanol–water partition coefficient (Wildman–Crippen LogP) is 4.35. The first-order valence-corrected chi connectivity index (χ1v) is 7.99. The Labute approximate surface area is 127 Å². The third-order valence-corrected chi connectivity index (χ3v) is 4.20. The van der Waals surface area contributed by atoms with Crippen LogP contribution in [0.5, 0.6) is 11.5 Å². The van der Waals surface area contributed by atoms with Crippen molar-refractivity contribution in [3.63, 3.8) is 0 Å². The Morgan fingerprint density at radius 1 is 1.15 bits per heavy atom. The molecule has 2 aromatic carbocycles. The third-order valence-electron chi connectivity index (χ3n) is 3.48. The van der Waals surface area contributed by atoms with Gasteiger partial charge in [0.05, 0.1) is 0 Å². The number of benzene rings is 2. The highest BCUT2D eigenvalue weighted by atomic mass is 79.9. The van der Waals surface area contributed by atoms with Crippen LogP contribution in [-0.4, -0.2) is 11.4 Å². The first-order chi connectivity index (χ1) is 9.85. The predicted molar refractivity (Wildman–Crippen MR) is 83.7 cm³/mol. The standard InChI is InChI=1S/C17H17BrO2/c18-11-16-7-6-14-10-15(8-9-17(14)20-16)19-12-13-4-2-1-3-5-13/h1-5,8-10,16H,6-7,11-12H2. The van der Waals surface area contributed by atoms with Crippen molar-refractivity contribution < 1.29 is 9.47 Å². The van der Waals surface area contributed by atoms with E-state index in [1.807, 2.05) is 30.3 Å². The first kappa shape index (κ1) is 13.5. The maximum absolute atomic E-state index is 5.90. The molecule has 0 saturated carbocycles. The van der Waals surface area contributed by atoms with Crippen molar-refractivity contribution in [3.05, 3.63) is 59.7 Å². The Morgan fingerprint density at radius 3 is 2.80 bits per heavy atom. The van der Waals surface area contributed by atoms with E-state index in [2.05, 4.69) is 34.1 Å². The van der Waals surface area contributed by atoms with Crippen LogP contribution in [0.25, 0.3) is 0 Å². The van der Waals surface area contributed by atoms with Crippen LogP contribution >= 0.6 is 15.9 Å². The minimum Gasteiger partial charge on any atom is -0.489 e. The fourth-order valence-corrected chi connectivity index (χ4v) is 2.82. The highest BCUT2D eigenvalue weighted by molar-refractivity contribution is 9.09. The van der Waals surface area contributed by atoms with E-state index in [1.54, 1.807) is 0 Å². The van der Waals surface area contributed by atoms with Gasteiger partial charge in [-0.15, -0.1) is 0 Å². The topological polar surface area (TPSA) is 18.5 Å². The first-order valence-electron chi connectivity index (χ1n) is 6.87. The second kappa shape index (κ2) is 6.31. The van der Waals surface area contributed by atoms with E-state index in [4.69, 9.17) is 9.47 Å². The number of fused-ring (bicyclic) bond motifs is 1. The summed E-state index contributed by atoms with van der Waals surface area (Å²) in [5.41, 5.74) is 2.42. The van der Waals surface area contributed by atoms with Crippen LogP contribution in [0.15, 0.2) is 48.5 Å². The van der Waals surface area contributed by atoms with E-state index in [-0.39, 0.29) is 0 Å². The van der Waals surface area contributed by atoms with Gasteiger partial charge in [-0.25, -0.2) is 0 Å². The maximum atomic E-state index is 5.90. The van der Waals surface area contributed by atoms with E-state index in [0.717, 1.165) is 29.7 Å². The van der Waals surface area contributed by atoms with Crippen LogP contribution in [0.4, 0.5) is 0 Å². The summed E-state index contributed by atoms with van der Waals surface area (Å²) < 4.78 is 11.7. The zero-order valence-electron chi connectivity index (χ0n) is 11.2. The number of hydrogen-bond acceptors (Lipinski definition) is 2. The maximum Gasteiger partial charge on any atom is 0.123 e. The van der Waals surface area contributed by atoms with Crippen molar-refractivity contribution in [2.24, 2.45) is 0 Å². The molecule has 0 bridgehead atoms. The van der Waals surface area contributed by atoms with Crippen LogP contribution in [0, 0.1) is 0 Å². The largest absolute Gasteiger partial charge is 0.489 e. The molecule has 0 amide bonds. The molecule has 3 rings (SSSR count). The quantitative estimate of drug-likeness (QED) is 0.775. The second-order valence-corrected chi connectivity index (χ2v) is 5.62. The lowest BCUT2D eigenvalue weighted by molar-refractivity contribution is 0.197.